The summed E-state index contributed by atoms with van der Waals surface area (Å²) in [6.45, 7) is 3.18. The molecule has 2 N–H and O–H groups in total. The average molecular weight is 352 g/mol. The summed E-state index contributed by atoms with van der Waals surface area (Å²) in [4.78, 5) is 22.3. The first-order valence-electron chi connectivity index (χ1n) is 8.42. The number of thioether (sulfide) groups is 1. The van der Waals surface area contributed by atoms with E-state index >= 15 is 0 Å². The summed E-state index contributed by atoms with van der Waals surface area (Å²) in [6, 6.07) is 13.7. The predicted molar refractivity (Wildman–Crippen MR) is 103 cm³/mol. The molecule has 0 atom stereocenters. The van der Waals surface area contributed by atoms with Crippen LogP contribution >= 0.6 is 11.8 Å². The number of hydrogen-bond acceptors (Lipinski definition) is 4. The Labute approximate surface area is 150 Å². The molecular weight excluding hydrogens is 332 g/mol. The zero-order valence-electron chi connectivity index (χ0n) is 13.9. The Balaban J connectivity index is 1.46. The van der Waals surface area contributed by atoms with Gasteiger partial charge in [-0.1, -0.05) is 12.1 Å². The molecule has 1 aliphatic rings. The van der Waals surface area contributed by atoms with Crippen molar-refractivity contribution in [3.8, 4) is 0 Å². The van der Waals surface area contributed by atoms with Gasteiger partial charge in [0, 0.05) is 48.4 Å². The largest absolute Gasteiger partial charge is 0.346 e. The zero-order valence-corrected chi connectivity index (χ0v) is 14.7. The van der Waals surface area contributed by atoms with E-state index in [9.17, 15) is 4.79 Å². The van der Waals surface area contributed by atoms with Crippen LogP contribution in [0.15, 0.2) is 48.7 Å². The summed E-state index contributed by atoms with van der Waals surface area (Å²) < 4.78 is 0. The van der Waals surface area contributed by atoms with Crippen LogP contribution in [0.4, 0.5) is 5.69 Å². The minimum atomic E-state index is -0.192. The molecule has 1 saturated heterocycles. The Morgan fingerprint density at radius 3 is 2.96 bits per heavy atom. The molecule has 0 spiro atoms. The number of amides is 1. The van der Waals surface area contributed by atoms with E-state index in [1.165, 1.54) is 17.1 Å². The Bertz CT molecular complexity index is 886. The first-order valence-corrected chi connectivity index (χ1v) is 9.58. The third-order valence-electron chi connectivity index (χ3n) is 4.34. The summed E-state index contributed by atoms with van der Waals surface area (Å²) in [6.07, 6.45) is 1.82. The van der Waals surface area contributed by atoms with Crippen molar-refractivity contribution >= 4 is 34.4 Å². The summed E-state index contributed by atoms with van der Waals surface area (Å²) in [7, 11) is 0. The van der Waals surface area contributed by atoms with Gasteiger partial charge < -0.3 is 10.3 Å². The van der Waals surface area contributed by atoms with E-state index in [2.05, 4.69) is 26.3 Å². The summed E-state index contributed by atoms with van der Waals surface area (Å²) in [5, 5.41) is 3.95. The van der Waals surface area contributed by atoms with Crippen molar-refractivity contribution in [2.75, 3.05) is 29.9 Å². The topological polar surface area (TPSA) is 61.0 Å². The molecule has 0 unspecified atom stereocenters. The number of carbonyl (C=O) groups is 1. The smallest absolute Gasteiger partial charge is 0.274 e. The van der Waals surface area contributed by atoms with E-state index in [0.29, 0.717) is 5.69 Å². The maximum atomic E-state index is 12.5. The summed E-state index contributed by atoms with van der Waals surface area (Å²) >= 11 is 2.01. The van der Waals surface area contributed by atoms with Crippen LogP contribution in [-0.4, -0.2) is 45.4 Å². The molecule has 3 aromatic rings. The maximum absolute atomic E-state index is 12.5. The molecule has 0 aliphatic carbocycles. The third-order valence-corrected chi connectivity index (χ3v) is 5.28. The molecule has 1 aliphatic heterocycles. The Morgan fingerprint density at radius 1 is 1.20 bits per heavy atom. The number of fused-ring (bicyclic) bond motifs is 1. The van der Waals surface area contributed by atoms with Crippen LogP contribution in [-0.2, 0) is 6.54 Å². The Kier molecular flexibility index (Phi) is 4.72. The van der Waals surface area contributed by atoms with Crippen LogP contribution in [0.2, 0.25) is 0 Å². The fourth-order valence-corrected chi connectivity index (χ4v) is 4.00. The monoisotopic (exact) mass is 352 g/mol. The second-order valence-electron chi connectivity index (χ2n) is 6.16. The van der Waals surface area contributed by atoms with Gasteiger partial charge >= 0.3 is 0 Å². The molecule has 25 heavy (non-hydrogen) atoms. The number of pyridine rings is 1. The quantitative estimate of drug-likeness (QED) is 0.756. The first kappa shape index (κ1) is 16.2. The average Bonchev–Trinajstić information content (AvgIpc) is 3.10. The van der Waals surface area contributed by atoms with E-state index in [1.54, 1.807) is 6.07 Å². The zero-order chi connectivity index (χ0) is 17.1. The highest BCUT2D eigenvalue weighted by atomic mass is 32.2. The Hall–Kier alpha value is -2.31. The first-order chi connectivity index (χ1) is 12.3. The van der Waals surface area contributed by atoms with Crippen LogP contribution in [0.5, 0.6) is 0 Å². The van der Waals surface area contributed by atoms with Gasteiger partial charge in [-0.25, -0.2) is 4.98 Å². The molecule has 128 valence electrons. The van der Waals surface area contributed by atoms with E-state index in [0.717, 1.165) is 36.4 Å². The van der Waals surface area contributed by atoms with Gasteiger partial charge in [0.05, 0.1) is 0 Å². The van der Waals surface area contributed by atoms with Gasteiger partial charge in [-0.3, -0.25) is 9.69 Å². The fourth-order valence-electron chi connectivity index (χ4n) is 3.02. The number of hydrogen-bond donors (Lipinski definition) is 2. The minimum Gasteiger partial charge on any atom is -0.346 e. The highest BCUT2D eigenvalue weighted by molar-refractivity contribution is 7.99. The van der Waals surface area contributed by atoms with Crippen molar-refractivity contribution < 1.29 is 4.79 Å². The number of benzene rings is 1. The lowest BCUT2D eigenvalue weighted by molar-refractivity contribution is 0.102. The standard InChI is InChI=1S/C19H20N4OS/c24-19(17-5-4-15-6-7-20-18(15)22-17)21-16-3-1-2-14(12-16)13-23-8-10-25-11-9-23/h1-7,12H,8-11,13H2,(H,20,22)(H,21,24). The van der Waals surface area contributed by atoms with Gasteiger partial charge in [0.25, 0.3) is 5.91 Å². The second-order valence-corrected chi connectivity index (χ2v) is 7.38. The van der Waals surface area contributed by atoms with Crippen molar-refractivity contribution in [3.63, 3.8) is 0 Å². The molecule has 6 heteroatoms. The van der Waals surface area contributed by atoms with Crippen molar-refractivity contribution in [1.29, 1.82) is 0 Å². The summed E-state index contributed by atoms with van der Waals surface area (Å²) in [5.74, 6) is 2.20. The minimum absolute atomic E-state index is 0.192. The van der Waals surface area contributed by atoms with E-state index in [-0.39, 0.29) is 5.91 Å². The van der Waals surface area contributed by atoms with Gasteiger partial charge in [-0.05, 0) is 35.9 Å². The van der Waals surface area contributed by atoms with Gasteiger partial charge in [0.2, 0.25) is 0 Å². The SMILES string of the molecule is O=C(Nc1cccc(CN2CCSCC2)c1)c1ccc2cc[nH]c2n1. The molecule has 5 nitrogen and oxygen atoms in total. The molecule has 1 aromatic carbocycles. The number of H-pyrrole nitrogens is 1. The lowest BCUT2D eigenvalue weighted by Gasteiger charge is -2.26. The van der Waals surface area contributed by atoms with Gasteiger partial charge in [-0.15, -0.1) is 0 Å². The molecule has 0 saturated carbocycles. The number of anilines is 1. The molecule has 0 bridgehead atoms. The third kappa shape index (κ3) is 3.86. The second kappa shape index (κ2) is 7.29. The fraction of sp³-hybridized carbons (Fsp3) is 0.263. The normalized spacial score (nSPS) is 15.4. The van der Waals surface area contributed by atoms with Crippen molar-refractivity contribution in [1.82, 2.24) is 14.9 Å². The van der Waals surface area contributed by atoms with Gasteiger partial charge in [0.15, 0.2) is 0 Å². The highest BCUT2D eigenvalue weighted by Gasteiger charge is 2.12. The maximum Gasteiger partial charge on any atom is 0.274 e. The number of rotatable bonds is 4. The van der Waals surface area contributed by atoms with Crippen LogP contribution in [0, 0.1) is 0 Å². The van der Waals surface area contributed by atoms with Crippen molar-refractivity contribution in [2.45, 2.75) is 6.54 Å². The van der Waals surface area contributed by atoms with Crippen molar-refractivity contribution in [2.24, 2.45) is 0 Å². The van der Waals surface area contributed by atoms with Gasteiger partial charge in [0.1, 0.15) is 11.3 Å². The molecule has 1 amide bonds. The lowest BCUT2D eigenvalue weighted by Crippen LogP contribution is -2.31. The van der Waals surface area contributed by atoms with Crippen molar-refractivity contribution in [3.05, 3.63) is 59.9 Å². The Morgan fingerprint density at radius 2 is 2.08 bits per heavy atom. The number of nitrogens with one attached hydrogen (secondary N) is 2. The van der Waals surface area contributed by atoms with E-state index in [1.807, 2.05) is 48.3 Å². The number of carbonyl (C=O) groups excluding carboxylic acids is 1. The molecule has 4 rings (SSSR count). The number of aromatic nitrogens is 2. The molecule has 2 aromatic heterocycles. The highest BCUT2D eigenvalue weighted by Crippen LogP contribution is 2.17. The molecule has 1 fully saturated rings. The summed E-state index contributed by atoms with van der Waals surface area (Å²) in [5.41, 5.74) is 3.16. The van der Waals surface area contributed by atoms with Crippen LogP contribution < -0.4 is 5.32 Å². The van der Waals surface area contributed by atoms with Crippen LogP contribution in [0.1, 0.15) is 16.1 Å². The lowest BCUT2D eigenvalue weighted by atomic mass is 10.2. The van der Waals surface area contributed by atoms with E-state index < -0.39 is 0 Å². The molecule has 3 heterocycles. The molecule has 0 radical (unpaired) electrons. The molecular formula is C19H20N4OS. The van der Waals surface area contributed by atoms with Crippen LogP contribution in [0.25, 0.3) is 11.0 Å². The van der Waals surface area contributed by atoms with Gasteiger partial charge in [-0.2, -0.15) is 11.8 Å². The number of aromatic amines is 1. The predicted octanol–water partition coefficient (Wildman–Crippen LogP) is 3.36. The number of nitrogens with zero attached hydrogens (tertiary/aromatic N) is 2. The van der Waals surface area contributed by atoms with E-state index in [4.69, 9.17) is 0 Å². The van der Waals surface area contributed by atoms with Crippen LogP contribution in [0.3, 0.4) is 0 Å².